The van der Waals surface area contributed by atoms with Gasteiger partial charge in [-0.2, -0.15) is 5.26 Å². The van der Waals surface area contributed by atoms with Crippen molar-refractivity contribution in [1.82, 2.24) is 10.2 Å². The first-order chi connectivity index (χ1) is 13.4. The van der Waals surface area contributed by atoms with E-state index in [1.807, 2.05) is 12.1 Å². The molecular weight excluding hydrogens is 403 g/mol. The molecule has 1 amide bonds. The molecule has 1 fully saturated rings. The van der Waals surface area contributed by atoms with Gasteiger partial charge in [-0.15, -0.1) is 0 Å². The molecular formula is C19H18Cl2N4O3. The van der Waals surface area contributed by atoms with Crippen LogP contribution in [-0.2, 0) is 0 Å². The maximum Gasteiger partial charge on any atom is 0.252 e. The number of rotatable bonds is 4. The van der Waals surface area contributed by atoms with Gasteiger partial charge >= 0.3 is 0 Å². The summed E-state index contributed by atoms with van der Waals surface area (Å²) in [4.78, 5) is 16.5. The zero-order valence-electron chi connectivity index (χ0n) is 14.8. The zero-order valence-corrected chi connectivity index (χ0v) is 16.3. The highest BCUT2D eigenvalue weighted by Gasteiger charge is 2.20. The van der Waals surface area contributed by atoms with Crippen molar-refractivity contribution >= 4 is 34.8 Å². The lowest BCUT2D eigenvalue weighted by Gasteiger charge is -2.36. The van der Waals surface area contributed by atoms with Crippen LogP contribution in [0.25, 0.3) is 0 Å². The highest BCUT2D eigenvalue weighted by molar-refractivity contribution is 6.43. The second-order valence-corrected chi connectivity index (χ2v) is 7.13. The number of phenols is 2. The molecule has 1 saturated heterocycles. The second kappa shape index (κ2) is 8.57. The van der Waals surface area contributed by atoms with E-state index in [4.69, 9.17) is 28.5 Å². The summed E-state index contributed by atoms with van der Waals surface area (Å²) in [5.41, 5.74) is 0.842. The van der Waals surface area contributed by atoms with Crippen LogP contribution in [0.3, 0.4) is 0 Å². The Kier molecular flexibility index (Phi) is 6.15. The first-order valence-electron chi connectivity index (χ1n) is 8.56. The van der Waals surface area contributed by atoms with E-state index in [1.54, 1.807) is 12.1 Å². The van der Waals surface area contributed by atoms with Crippen LogP contribution in [0.4, 0.5) is 5.69 Å². The number of hydrogen-bond acceptors (Lipinski definition) is 6. The monoisotopic (exact) mass is 420 g/mol. The summed E-state index contributed by atoms with van der Waals surface area (Å²) in [6.07, 6.45) is 0. The van der Waals surface area contributed by atoms with Gasteiger partial charge in [0, 0.05) is 31.7 Å². The average molecular weight is 421 g/mol. The molecule has 146 valence electrons. The van der Waals surface area contributed by atoms with E-state index >= 15 is 0 Å². The lowest BCUT2D eigenvalue weighted by Crippen LogP contribution is -2.50. The smallest absolute Gasteiger partial charge is 0.252 e. The largest absolute Gasteiger partial charge is 0.504 e. The Morgan fingerprint density at radius 3 is 2.57 bits per heavy atom. The van der Waals surface area contributed by atoms with Crippen LogP contribution in [0.5, 0.6) is 11.5 Å². The van der Waals surface area contributed by atoms with Crippen molar-refractivity contribution in [3.05, 3.63) is 51.5 Å². The van der Waals surface area contributed by atoms with Gasteiger partial charge in [-0.25, -0.2) is 0 Å². The molecule has 0 spiro atoms. The van der Waals surface area contributed by atoms with Gasteiger partial charge < -0.3 is 20.4 Å². The predicted molar refractivity (Wildman–Crippen MR) is 107 cm³/mol. The minimum atomic E-state index is -0.533. The van der Waals surface area contributed by atoms with Crippen LogP contribution in [0.2, 0.25) is 10.0 Å². The third-order valence-electron chi connectivity index (χ3n) is 4.58. The van der Waals surface area contributed by atoms with Crippen LogP contribution in [0.1, 0.15) is 15.9 Å². The van der Waals surface area contributed by atoms with Crippen molar-refractivity contribution in [1.29, 1.82) is 5.26 Å². The average Bonchev–Trinajstić information content (AvgIpc) is 2.70. The number of benzene rings is 2. The Morgan fingerprint density at radius 1 is 1.18 bits per heavy atom. The Balaban J connectivity index is 1.56. The molecule has 1 aliphatic heterocycles. The van der Waals surface area contributed by atoms with E-state index in [0.29, 0.717) is 29.8 Å². The number of hydrogen-bond donors (Lipinski definition) is 3. The number of aromatic hydroxyl groups is 2. The van der Waals surface area contributed by atoms with Gasteiger partial charge in [0.1, 0.15) is 6.07 Å². The van der Waals surface area contributed by atoms with E-state index < -0.39 is 17.4 Å². The highest BCUT2D eigenvalue weighted by Crippen LogP contribution is 2.33. The fraction of sp³-hybridized carbons (Fsp3) is 0.263. The third-order valence-corrected chi connectivity index (χ3v) is 5.39. The standard InChI is InChI=1S/C19H18Cl2N4O3/c20-14-2-1-3-15(17(14)21)25-6-4-24(5-7-25)11-23-19(28)12-8-13(10-22)18(27)16(26)9-12/h1-3,8-9,26-27H,4-7,11H2,(H,23,28). The van der Waals surface area contributed by atoms with Crippen molar-refractivity contribution < 1.29 is 15.0 Å². The maximum atomic E-state index is 12.3. The maximum absolute atomic E-state index is 12.3. The lowest BCUT2D eigenvalue weighted by atomic mass is 10.1. The number of anilines is 1. The van der Waals surface area contributed by atoms with Gasteiger partial charge in [-0.1, -0.05) is 29.3 Å². The van der Waals surface area contributed by atoms with Crippen molar-refractivity contribution in [2.45, 2.75) is 0 Å². The summed E-state index contributed by atoms with van der Waals surface area (Å²) in [6, 6.07) is 9.64. The first-order valence-corrected chi connectivity index (χ1v) is 9.32. The molecule has 7 nitrogen and oxygen atoms in total. The van der Waals surface area contributed by atoms with Gasteiger partial charge in [0.2, 0.25) is 0 Å². The summed E-state index contributed by atoms with van der Waals surface area (Å²) in [5.74, 6) is -1.47. The SMILES string of the molecule is N#Cc1cc(C(=O)NCN2CCN(c3cccc(Cl)c3Cl)CC2)cc(O)c1O. The molecule has 28 heavy (non-hydrogen) atoms. The third kappa shape index (κ3) is 4.25. The highest BCUT2D eigenvalue weighted by atomic mass is 35.5. The topological polar surface area (TPSA) is 99.8 Å². The van der Waals surface area contributed by atoms with E-state index in [-0.39, 0.29) is 11.1 Å². The van der Waals surface area contributed by atoms with Gasteiger partial charge in [0.15, 0.2) is 11.5 Å². The number of halogens is 2. The number of nitrogens with one attached hydrogen (secondary N) is 1. The summed E-state index contributed by atoms with van der Waals surface area (Å²) in [6.45, 7) is 3.21. The molecule has 0 atom stereocenters. The molecule has 0 aromatic heterocycles. The normalized spacial score (nSPS) is 14.5. The Labute approximate surface area is 172 Å². The molecule has 0 bridgehead atoms. The second-order valence-electron chi connectivity index (χ2n) is 6.35. The van der Waals surface area contributed by atoms with Crippen molar-refractivity contribution in [2.75, 3.05) is 37.7 Å². The molecule has 0 unspecified atom stereocenters. The number of carbonyl (C=O) groups excluding carboxylic acids is 1. The molecule has 0 radical (unpaired) electrons. The van der Waals surface area contributed by atoms with Gasteiger partial charge in [0.25, 0.3) is 5.91 Å². The van der Waals surface area contributed by atoms with Gasteiger partial charge in [-0.3, -0.25) is 9.69 Å². The first kappa shape index (κ1) is 20.1. The number of carbonyl (C=O) groups is 1. The van der Waals surface area contributed by atoms with E-state index in [1.165, 1.54) is 6.07 Å². The quantitative estimate of drug-likeness (QED) is 0.657. The summed E-state index contributed by atoms with van der Waals surface area (Å²) in [5, 5.41) is 32.0. The molecule has 3 rings (SSSR count). The minimum absolute atomic E-state index is 0.108. The van der Waals surface area contributed by atoms with E-state index in [9.17, 15) is 15.0 Å². The van der Waals surface area contributed by atoms with Crippen molar-refractivity contribution in [3.8, 4) is 17.6 Å². The molecule has 2 aromatic rings. The molecule has 1 aliphatic rings. The number of piperazine rings is 1. The van der Waals surface area contributed by atoms with Crippen LogP contribution < -0.4 is 10.2 Å². The molecule has 0 saturated carbocycles. The molecule has 1 heterocycles. The fourth-order valence-electron chi connectivity index (χ4n) is 3.00. The Bertz CT molecular complexity index is 938. The molecule has 0 aliphatic carbocycles. The number of phenolic OH excluding ortho intramolecular Hbond substituents is 2. The zero-order chi connectivity index (χ0) is 20.3. The van der Waals surface area contributed by atoms with Crippen LogP contribution in [0.15, 0.2) is 30.3 Å². The van der Waals surface area contributed by atoms with E-state index in [0.717, 1.165) is 24.8 Å². The van der Waals surface area contributed by atoms with Gasteiger partial charge in [0.05, 0.1) is 28.0 Å². The number of nitriles is 1. The van der Waals surface area contributed by atoms with Crippen molar-refractivity contribution in [2.24, 2.45) is 0 Å². The molecule has 2 aromatic carbocycles. The lowest BCUT2D eigenvalue weighted by molar-refractivity contribution is 0.0919. The van der Waals surface area contributed by atoms with Crippen molar-refractivity contribution in [3.63, 3.8) is 0 Å². The van der Waals surface area contributed by atoms with Gasteiger partial charge in [-0.05, 0) is 24.3 Å². The number of amides is 1. The molecule has 3 N–H and O–H groups in total. The van der Waals surface area contributed by atoms with Crippen LogP contribution in [-0.4, -0.2) is 53.9 Å². The predicted octanol–water partition coefficient (Wildman–Crippen LogP) is 2.79. The molecule has 9 heteroatoms. The summed E-state index contributed by atoms with van der Waals surface area (Å²) < 4.78 is 0. The Hall–Kier alpha value is -2.66. The van der Waals surface area contributed by atoms with E-state index in [2.05, 4.69) is 15.1 Å². The van der Waals surface area contributed by atoms with Crippen LogP contribution >= 0.6 is 23.2 Å². The fourth-order valence-corrected chi connectivity index (χ4v) is 3.42. The summed E-state index contributed by atoms with van der Waals surface area (Å²) in [7, 11) is 0. The van der Waals surface area contributed by atoms with Crippen LogP contribution in [0, 0.1) is 11.3 Å². The minimum Gasteiger partial charge on any atom is -0.504 e. The summed E-state index contributed by atoms with van der Waals surface area (Å²) >= 11 is 12.4. The number of nitrogens with zero attached hydrogens (tertiary/aromatic N) is 3. The Morgan fingerprint density at radius 2 is 1.89 bits per heavy atom.